The lowest BCUT2D eigenvalue weighted by molar-refractivity contribution is -0.118. The molecule has 0 spiro atoms. The van der Waals surface area contributed by atoms with Gasteiger partial charge in [-0.05, 0) is 34.0 Å². The monoisotopic (exact) mass is 315 g/mol. The van der Waals surface area contributed by atoms with E-state index in [1.165, 1.54) is 0 Å². The number of nitrogens with zero attached hydrogens (tertiary/aromatic N) is 1. The molecule has 1 rings (SSSR count). The number of carbonyl (C=O) groups is 1. The lowest BCUT2D eigenvalue weighted by Crippen LogP contribution is -2.36. The molecule has 0 aliphatic rings. The summed E-state index contributed by atoms with van der Waals surface area (Å²) >= 11 is 8.17. The number of anilines is 1. The van der Waals surface area contributed by atoms with E-state index in [0.717, 1.165) is 4.47 Å². The van der Waals surface area contributed by atoms with E-state index in [1.54, 1.807) is 18.3 Å². The molecule has 17 heavy (non-hydrogen) atoms. The number of hydrogen-bond acceptors (Lipinski definition) is 3. The molecule has 0 aliphatic heterocycles. The highest BCUT2D eigenvalue weighted by Crippen LogP contribution is 2.15. The first kappa shape index (κ1) is 14.1. The zero-order valence-electron chi connectivity index (χ0n) is 9.61. The van der Waals surface area contributed by atoms with Crippen molar-refractivity contribution in [1.29, 1.82) is 0 Å². The van der Waals surface area contributed by atoms with Crippen LogP contribution < -0.4 is 11.1 Å². The second-order valence-electron chi connectivity index (χ2n) is 3.97. The van der Waals surface area contributed by atoms with Crippen LogP contribution in [0.3, 0.4) is 0 Å². The molecule has 1 amide bonds. The van der Waals surface area contributed by atoms with Gasteiger partial charge in [0.05, 0.1) is 10.9 Å². The maximum absolute atomic E-state index is 12.0. The standard InChI is InChI=1S/C11H14BrN3OS/c1-6(2)9(10(13)17)11(16)15-8-4-3-7(12)5-14-8/h3-6,9H,1-2H3,(H2,13,17)(H,14,15,16). The highest BCUT2D eigenvalue weighted by molar-refractivity contribution is 9.10. The minimum atomic E-state index is -0.476. The summed E-state index contributed by atoms with van der Waals surface area (Å²) in [5.74, 6) is -0.152. The third-order valence-electron chi connectivity index (χ3n) is 2.23. The van der Waals surface area contributed by atoms with Crippen LogP contribution in [0.2, 0.25) is 0 Å². The third-order valence-corrected chi connectivity index (χ3v) is 2.96. The van der Waals surface area contributed by atoms with E-state index in [9.17, 15) is 4.79 Å². The first-order valence-electron chi connectivity index (χ1n) is 5.13. The minimum absolute atomic E-state index is 0.0583. The molecule has 0 fully saturated rings. The Hall–Kier alpha value is -1.01. The fourth-order valence-corrected chi connectivity index (χ4v) is 2.03. The molecule has 0 saturated carbocycles. The van der Waals surface area contributed by atoms with E-state index < -0.39 is 5.92 Å². The molecule has 0 bridgehead atoms. The summed E-state index contributed by atoms with van der Waals surface area (Å²) in [6.07, 6.45) is 1.61. The van der Waals surface area contributed by atoms with Crippen LogP contribution in [0.1, 0.15) is 13.8 Å². The van der Waals surface area contributed by atoms with Gasteiger partial charge in [0.25, 0.3) is 0 Å². The van der Waals surface area contributed by atoms with Crippen molar-refractivity contribution in [2.75, 3.05) is 5.32 Å². The quantitative estimate of drug-likeness (QED) is 0.837. The number of carbonyl (C=O) groups excluding carboxylic acids is 1. The van der Waals surface area contributed by atoms with Crippen molar-refractivity contribution in [3.05, 3.63) is 22.8 Å². The fraction of sp³-hybridized carbons (Fsp3) is 0.364. The zero-order valence-corrected chi connectivity index (χ0v) is 12.0. The highest BCUT2D eigenvalue weighted by atomic mass is 79.9. The highest BCUT2D eigenvalue weighted by Gasteiger charge is 2.25. The van der Waals surface area contributed by atoms with E-state index in [4.69, 9.17) is 18.0 Å². The molecule has 4 nitrogen and oxygen atoms in total. The molecule has 1 aromatic heterocycles. The Labute approximate surface area is 114 Å². The van der Waals surface area contributed by atoms with E-state index >= 15 is 0 Å². The molecule has 1 atom stereocenters. The molecule has 0 aliphatic carbocycles. The minimum Gasteiger partial charge on any atom is -0.393 e. The van der Waals surface area contributed by atoms with Gasteiger partial charge in [-0.2, -0.15) is 0 Å². The molecule has 0 radical (unpaired) electrons. The Morgan fingerprint density at radius 1 is 1.53 bits per heavy atom. The average molecular weight is 316 g/mol. The van der Waals surface area contributed by atoms with Gasteiger partial charge in [0.1, 0.15) is 5.82 Å². The van der Waals surface area contributed by atoms with Gasteiger partial charge in [-0.25, -0.2) is 4.98 Å². The van der Waals surface area contributed by atoms with Gasteiger partial charge in [0.2, 0.25) is 5.91 Å². The summed E-state index contributed by atoms with van der Waals surface area (Å²) in [4.78, 5) is 16.2. The first-order chi connectivity index (χ1) is 7.91. The molecule has 3 N–H and O–H groups in total. The van der Waals surface area contributed by atoms with Crippen LogP contribution in [0.5, 0.6) is 0 Å². The van der Waals surface area contributed by atoms with E-state index in [-0.39, 0.29) is 16.8 Å². The lowest BCUT2D eigenvalue weighted by atomic mass is 9.95. The van der Waals surface area contributed by atoms with Crippen LogP contribution in [-0.2, 0) is 4.79 Å². The number of halogens is 1. The summed E-state index contributed by atoms with van der Waals surface area (Å²) < 4.78 is 0.852. The zero-order chi connectivity index (χ0) is 13.0. The number of pyridine rings is 1. The van der Waals surface area contributed by atoms with Crippen molar-refractivity contribution < 1.29 is 4.79 Å². The molecule has 6 heteroatoms. The van der Waals surface area contributed by atoms with Crippen LogP contribution >= 0.6 is 28.1 Å². The average Bonchev–Trinajstić information content (AvgIpc) is 2.20. The van der Waals surface area contributed by atoms with E-state index in [1.807, 2.05) is 13.8 Å². The molecule has 1 unspecified atom stereocenters. The summed E-state index contributed by atoms with van der Waals surface area (Å²) in [7, 11) is 0. The van der Waals surface area contributed by atoms with Crippen LogP contribution in [0.4, 0.5) is 5.82 Å². The summed E-state index contributed by atoms with van der Waals surface area (Å²) in [6.45, 7) is 3.80. The normalized spacial score (nSPS) is 12.2. The van der Waals surface area contributed by atoms with Gasteiger partial charge in [0, 0.05) is 10.7 Å². The molecule has 0 saturated heterocycles. The number of aromatic nitrogens is 1. The third kappa shape index (κ3) is 4.05. The van der Waals surface area contributed by atoms with Crippen molar-refractivity contribution in [2.24, 2.45) is 17.6 Å². The van der Waals surface area contributed by atoms with E-state index in [2.05, 4.69) is 26.2 Å². The van der Waals surface area contributed by atoms with Gasteiger partial charge >= 0.3 is 0 Å². The van der Waals surface area contributed by atoms with Crippen LogP contribution in [0.25, 0.3) is 0 Å². The maximum Gasteiger partial charge on any atom is 0.235 e. The Balaban J connectivity index is 2.77. The number of thiocarbonyl (C=S) groups is 1. The smallest absolute Gasteiger partial charge is 0.235 e. The summed E-state index contributed by atoms with van der Waals surface area (Å²) in [5, 5.41) is 2.69. The molecule has 0 aromatic carbocycles. The first-order valence-corrected chi connectivity index (χ1v) is 6.33. The maximum atomic E-state index is 12.0. The topological polar surface area (TPSA) is 68.0 Å². The molecule has 92 valence electrons. The Morgan fingerprint density at radius 3 is 2.59 bits per heavy atom. The lowest BCUT2D eigenvalue weighted by Gasteiger charge is -2.18. The van der Waals surface area contributed by atoms with Crippen molar-refractivity contribution in [1.82, 2.24) is 4.98 Å². The van der Waals surface area contributed by atoms with Gasteiger partial charge in [0.15, 0.2) is 0 Å². The Morgan fingerprint density at radius 2 is 2.18 bits per heavy atom. The van der Waals surface area contributed by atoms with Gasteiger partial charge in [-0.3, -0.25) is 4.79 Å². The Kier molecular flexibility index (Phi) is 5.02. The van der Waals surface area contributed by atoms with Crippen LogP contribution in [-0.4, -0.2) is 15.9 Å². The number of nitrogens with two attached hydrogens (primary N) is 1. The predicted octanol–water partition coefficient (Wildman–Crippen LogP) is 2.34. The predicted molar refractivity (Wildman–Crippen MR) is 75.7 cm³/mol. The van der Waals surface area contributed by atoms with Crippen molar-refractivity contribution >= 4 is 44.9 Å². The number of nitrogens with one attached hydrogen (secondary N) is 1. The number of hydrogen-bond donors (Lipinski definition) is 2. The van der Waals surface area contributed by atoms with Crippen molar-refractivity contribution in [3.8, 4) is 0 Å². The summed E-state index contributed by atoms with van der Waals surface area (Å²) in [5.41, 5.74) is 5.56. The van der Waals surface area contributed by atoms with Crippen molar-refractivity contribution in [3.63, 3.8) is 0 Å². The van der Waals surface area contributed by atoms with Crippen molar-refractivity contribution in [2.45, 2.75) is 13.8 Å². The molecule has 1 aromatic rings. The van der Waals surface area contributed by atoms with Gasteiger partial charge < -0.3 is 11.1 Å². The van der Waals surface area contributed by atoms with E-state index in [0.29, 0.717) is 5.82 Å². The van der Waals surface area contributed by atoms with Gasteiger partial charge in [-0.1, -0.05) is 26.1 Å². The second kappa shape index (κ2) is 6.07. The number of amides is 1. The van der Waals surface area contributed by atoms with Crippen LogP contribution in [0.15, 0.2) is 22.8 Å². The largest absolute Gasteiger partial charge is 0.393 e. The SMILES string of the molecule is CC(C)C(C(=O)Nc1ccc(Br)cn1)C(N)=S. The number of rotatable bonds is 4. The fourth-order valence-electron chi connectivity index (χ4n) is 1.41. The second-order valence-corrected chi connectivity index (χ2v) is 5.36. The van der Waals surface area contributed by atoms with Crippen LogP contribution in [0, 0.1) is 11.8 Å². The molecular weight excluding hydrogens is 302 g/mol. The summed E-state index contributed by atoms with van der Waals surface area (Å²) in [6, 6.07) is 3.51. The molecular formula is C11H14BrN3OS. The Bertz CT molecular complexity index is 419. The van der Waals surface area contributed by atoms with Gasteiger partial charge in [-0.15, -0.1) is 0 Å². The molecule has 1 heterocycles.